The minimum Gasteiger partial charge on any atom is -0.452 e. The maximum Gasteiger partial charge on any atom is 0.339 e. The predicted molar refractivity (Wildman–Crippen MR) is 112 cm³/mol. The van der Waals surface area contributed by atoms with Crippen molar-refractivity contribution in [1.29, 1.82) is 0 Å². The molecule has 3 aromatic rings. The first-order chi connectivity index (χ1) is 14.0. The highest BCUT2D eigenvalue weighted by atomic mass is 32.2. The van der Waals surface area contributed by atoms with Crippen LogP contribution in [0.25, 0.3) is 0 Å². The molecule has 6 nitrogen and oxygen atoms in total. The molecule has 0 aliphatic heterocycles. The first-order valence-corrected chi connectivity index (χ1v) is 10.2. The molecular weight excluding hydrogens is 388 g/mol. The highest BCUT2D eigenvalue weighted by Crippen LogP contribution is 2.26. The average molecular weight is 410 g/mol. The van der Waals surface area contributed by atoms with Crippen molar-refractivity contribution in [2.24, 2.45) is 0 Å². The van der Waals surface area contributed by atoms with Gasteiger partial charge >= 0.3 is 5.97 Å². The monoisotopic (exact) mass is 410 g/mol. The number of benzene rings is 2. The number of anilines is 1. The Morgan fingerprint density at radius 2 is 1.97 bits per heavy atom. The number of amides is 1. The summed E-state index contributed by atoms with van der Waals surface area (Å²) in [7, 11) is 0. The van der Waals surface area contributed by atoms with Gasteiger partial charge in [-0.05, 0) is 43.2 Å². The van der Waals surface area contributed by atoms with Crippen molar-refractivity contribution in [1.82, 2.24) is 5.16 Å². The fourth-order valence-electron chi connectivity index (χ4n) is 2.67. The van der Waals surface area contributed by atoms with Crippen LogP contribution in [0, 0.1) is 6.92 Å². The quantitative estimate of drug-likeness (QED) is 0.431. The summed E-state index contributed by atoms with van der Waals surface area (Å²) in [6.45, 7) is 3.52. The first-order valence-electron chi connectivity index (χ1n) is 9.25. The van der Waals surface area contributed by atoms with E-state index in [2.05, 4.69) is 10.5 Å². The van der Waals surface area contributed by atoms with Crippen LogP contribution < -0.4 is 5.32 Å². The number of carbonyl (C=O) groups is 2. The number of aromatic nitrogens is 1. The maximum atomic E-state index is 12.5. The first kappa shape index (κ1) is 20.7. The van der Waals surface area contributed by atoms with Crippen molar-refractivity contribution >= 4 is 29.3 Å². The SMILES string of the molecule is CCc1cccc(NC(=O)COC(=O)c2ccccc2SCc2cc(C)on2)c1. The summed E-state index contributed by atoms with van der Waals surface area (Å²) < 4.78 is 10.3. The highest BCUT2D eigenvalue weighted by Gasteiger charge is 2.15. The van der Waals surface area contributed by atoms with Gasteiger partial charge in [-0.15, -0.1) is 11.8 Å². The molecule has 0 spiro atoms. The Morgan fingerprint density at radius 3 is 2.72 bits per heavy atom. The summed E-state index contributed by atoms with van der Waals surface area (Å²) in [4.78, 5) is 25.4. The minimum atomic E-state index is -0.540. The lowest BCUT2D eigenvalue weighted by Crippen LogP contribution is -2.21. The van der Waals surface area contributed by atoms with Crippen LogP contribution in [0.3, 0.4) is 0 Å². The van der Waals surface area contributed by atoms with Crippen molar-refractivity contribution in [2.75, 3.05) is 11.9 Å². The van der Waals surface area contributed by atoms with Gasteiger partial charge in [-0.2, -0.15) is 0 Å². The Hall–Kier alpha value is -3.06. The zero-order valence-electron chi connectivity index (χ0n) is 16.3. The third-order valence-corrected chi connectivity index (χ3v) is 5.22. The molecule has 150 valence electrons. The summed E-state index contributed by atoms with van der Waals surface area (Å²) in [6.07, 6.45) is 0.876. The number of carbonyl (C=O) groups excluding carboxylic acids is 2. The van der Waals surface area contributed by atoms with E-state index in [0.29, 0.717) is 17.0 Å². The third-order valence-electron chi connectivity index (χ3n) is 4.11. The molecule has 1 N–H and O–H groups in total. The zero-order chi connectivity index (χ0) is 20.6. The lowest BCUT2D eigenvalue weighted by molar-refractivity contribution is -0.119. The molecule has 0 fully saturated rings. The van der Waals surface area contributed by atoms with Gasteiger partial charge in [0.1, 0.15) is 5.76 Å². The molecule has 0 saturated heterocycles. The Morgan fingerprint density at radius 1 is 1.14 bits per heavy atom. The number of hydrogen-bond acceptors (Lipinski definition) is 6. The number of rotatable bonds is 8. The van der Waals surface area contributed by atoms with Gasteiger partial charge < -0.3 is 14.6 Å². The Balaban J connectivity index is 1.56. The molecule has 3 rings (SSSR count). The van der Waals surface area contributed by atoms with E-state index >= 15 is 0 Å². The number of nitrogens with one attached hydrogen (secondary N) is 1. The van der Waals surface area contributed by atoms with E-state index < -0.39 is 5.97 Å². The van der Waals surface area contributed by atoms with Gasteiger partial charge in [-0.25, -0.2) is 4.79 Å². The van der Waals surface area contributed by atoms with Gasteiger partial charge in [0.15, 0.2) is 6.61 Å². The molecule has 0 bridgehead atoms. The predicted octanol–water partition coefficient (Wildman–Crippen LogP) is 4.63. The molecule has 7 heteroatoms. The van der Waals surface area contributed by atoms with E-state index in [1.165, 1.54) is 11.8 Å². The molecule has 0 atom stereocenters. The number of ether oxygens (including phenoxy) is 1. The van der Waals surface area contributed by atoms with E-state index in [9.17, 15) is 9.59 Å². The van der Waals surface area contributed by atoms with Gasteiger partial charge in [-0.3, -0.25) is 4.79 Å². The molecule has 1 heterocycles. The summed E-state index contributed by atoms with van der Waals surface area (Å²) in [5.41, 5.74) is 3.01. The smallest absolute Gasteiger partial charge is 0.339 e. The van der Waals surface area contributed by atoms with Crippen LogP contribution in [0.2, 0.25) is 0 Å². The van der Waals surface area contributed by atoms with Crippen LogP contribution >= 0.6 is 11.8 Å². The van der Waals surface area contributed by atoms with E-state index in [-0.39, 0.29) is 12.5 Å². The molecule has 1 aromatic heterocycles. The zero-order valence-corrected chi connectivity index (χ0v) is 17.1. The fourth-order valence-corrected chi connectivity index (χ4v) is 3.59. The van der Waals surface area contributed by atoms with E-state index in [0.717, 1.165) is 28.3 Å². The average Bonchev–Trinajstić information content (AvgIpc) is 3.16. The van der Waals surface area contributed by atoms with E-state index in [1.54, 1.807) is 18.2 Å². The van der Waals surface area contributed by atoms with Gasteiger partial charge in [-0.1, -0.05) is 36.3 Å². The van der Waals surface area contributed by atoms with Gasteiger partial charge in [0.05, 0.1) is 11.3 Å². The Kier molecular flexibility index (Phi) is 7.08. The van der Waals surface area contributed by atoms with Crippen molar-refractivity contribution < 1.29 is 18.8 Å². The summed E-state index contributed by atoms with van der Waals surface area (Å²) >= 11 is 1.46. The number of hydrogen-bond donors (Lipinski definition) is 1. The Bertz CT molecular complexity index is 1000. The van der Waals surface area contributed by atoms with E-state index in [4.69, 9.17) is 9.26 Å². The third kappa shape index (κ3) is 5.96. The van der Waals surface area contributed by atoms with Crippen molar-refractivity contribution in [3.05, 3.63) is 77.2 Å². The highest BCUT2D eigenvalue weighted by molar-refractivity contribution is 7.98. The minimum absolute atomic E-state index is 0.351. The lowest BCUT2D eigenvalue weighted by Gasteiger charge is -2.10. The molecule has 0 unspecified atom stereocenters. The van der Waals surface area contributed by atoms with Crippen LogP contribution in [-0.4, -0.2) is 23.6 Å². The summed E-state index contributed by atoms with van der Waals surface area (Å²) in [5, 5.41) is 6.70. The molecule has 2 aromatic carbocycles. The maximum absolute atomic E-state index is 12.5. The van der Waals surface area contributed by atoms with E-state index in [1.807, 2.05) is 50.2 Å². The van der Waals surface area contributed by atoms with Gasteiger partial charge in [0.2, 0.25) is 0 Å². The van der Waals surface area contributed by atoms with Crippen LogP contribution in [-0.2, 0) is 21.7 Å². The summed E-state index contributed by atoms with van der Waals surface area (Å²) in [5.74, 6) is 0.385. The number of nitrogens with zero attached hydrogens (tertiary/aromatic N) is 1. The molecule has 1 amide bonds. The second kappa shape index (κ2) is 9.93. The largest absolute Gasteiger partial charge is 0.452 e. The van der Waals surface area contributed by atoms with Crippen LogP contribution in [0.1, 0.15) is 34.3 Å². The topological polar surface area (TPSA) is 81.4 Å². The van der Waals surface area contributed by atoms with Crippen LogP contribution in [0.5, 0.6) is 0 Å². The van der Waals surface area contributed by atoms with Crippen molar-refractivity contribution in [2.45, 2.75) is 30.9 Å². The second-order valence-electron chi connectivity index (χ2n) is 6.39. The van der Waals surface area contributed by atoms with Gasteiger partial charge in [0, 0.05) is 22.4 Å². The molecule has 0 aliphatic rings. The summed E-state index contributed by atoms with van der Waals surface area (Å²) in [6, 6.07) is 16.6. The van der Waals surface area contributed by atoms with Crippen LogP contribution in [0.4, 0.5) is 5.69 Å². The number of esters is 1. The lowest BCUT2D eigenvalue weighted by atomic mass is 10.1. The van der Waals surface area contributed by atoms with Gasteiger partial charge in [0.25, 0.3) is 5.91 Å². The normalized spacial score (nSPS) is 10.6. The Labute approximate surface area is 173 Å². The van der Waals surface area contributed by atoms with Crippen LogP contribution in [0.15, 0.2) is 64.0 Å². The van der Waals surface area contributed by atoms with Crippen molar-refractivity contribution in [3.8, 4) is 0 Å². The number of aryl methyl sites for hydroxylation is 2. The fraction of sp³-hybridized carbons (Fsp3) is 0.227. The molecular formula is C22H22N2O4S. The molecule has 0 radical (unpaired) electrons. The number of thioether (sulfide) groups is 1. The molecule has 29 heavy (non-hydrogen) atoms. The molecule has 0 aliphatic carbocycles. The second-order valence-corrected chi connectivity index (χ2v) is 7.41. The standard InChI is InChI=1S/C22H22N2O4S/c1-3-16-7-6-8-17(12-16)23-21(25)13-27-22(26)19-9-4-5-10-20(19)29-14-18-11-15(2)28-24-18/h4-12H,3,13-14H2,1-2H3,(H,23,25). The molecule has 0 saturated carbocycles. The van der Waals surface area contributed by atoms with Crippen molar-refractivity contribution in [3.63, 3.8) is 0 Å².